The van der Waals surface area contributed by atoms with Gasteiger partial charge in [-0.3, -0.25) is 14.2 Å². The maximum atomic E-state index is 12.2. The SMILES string of the molecule is N#Cc1ccc(-c2ccc3c(c2)CCC3)n(CC(=O)O)c1=O. The normalized spacial score (nSPS) is 12.7. The average molecular weight is 294 g/mol. The molecule has 3 rings (SSSR count). The van der Waals surface area contributed by atoms with Gasteiger partial charge >= 0.3 is 5.97 Å². The van der Waals surface area contributed by atoms with Gasteiger partial charge in [0.05, 0.1) is 5.69 Å². The number of aryl methyl sites for hydroxylation is 2. The van der Waals surface area contributed by atoms with E-state index in [9.17, 15) is 9.59 Å². The number of nitriles is 1. The third-order valence-electron chi connectivity index (χ3n) is 3.98. The maximum Gasteiger partial charge on any atom is 0.323 e. The lowest BCUT2D eigenvalue weighted by molar-refractivity contribution is -0.137. The van der Waals surface area contributed by atoms with Crippen LogP contribution in [0.4, 0.5) is 0 Å². The van der Waals surface area contributed by atoms with Crippen LogP contribution in [0.3, 0.4) is 0 Å². The number of pyridine rings is 1. The number of fused-ring (bicyclic) bond motifs is 1. The highest BCUT2D eigenvalue weighted by molar-refractivity contribution is 5.69. The van der Waals surface area contributed by atoms with Gasteiger partial charge < -0.3 is 5.11 Å². The molecular weight excluding hydrogens is 280 g/mol. The topological polar surface area (TPSA) is 83.1 Å². The zero-order valence-electron chi connectivity index (χ0n) is 11.9. The van der Waals surface area contributed by atoms with Crippen LogP contribution in [0.15, 0.2) is 35.1 Å². The Morgan fingerprint density at radius 2 is 2.00 bits per heavy atom. The number of aromatic nitrogens is 1. The summed E-state index contributed by atoms with van der Waals surface area (Å²) in [6.07, 6.45) is 3.18. The van der Waals surface area contributed by atoms with E-state index in [-0.39, 0.29) is 5.56 Å². The molecule has 0 amide bonds. The summed E-state index contributed by atoms with van der Waals surface area (Å²) in [6.45, 7) is -0.458. The highest BCUT2D eigenvalue weighted by atomic mass is 16.4. The van der Waals surface area contributed by atoms with Crippen LogP contribution in [0.2, 0.25) is 0 Å². The van der Waals surface area contributed by atoms with E-state index in [1.165, 1.54) is 17.2 Å². The quantitative estimate of drug-likeness (QED) is 0.938. The van der Waals surface area contributed by atoms with E-state index >= 15 is 0 Å². The molecule has 1 aliphatic rings. The van der Waals surface area contributed by atoms with Crippen molar-refractivity contribution in [2.24, 2.45) is 0 Å². The lowest BCUT2D eigenvalue weighted by Crippen LogP contribution is -2.27. The first kappa shape index (κ1) is 14.1. The Bertz CT molecular complexity index is 859. The fourth-order valence-corrected chi connectivity index (χ4v) is 2.94. The summed E-state index contributed by atoms with van der Waals surface area (Å²) < 4.78 is 1.15. The number of hydrogen-bond donors (Lipinski definition) is 1. The Hall–Kier alpha value is -2.87. The van der Waals surface area contributed by atoms with E-state index in [2.05, 4.69) is 0 Å². The van der Waals surface area contributed by atoms with Crippen LogP contribution >= 0.6 is 0 Å². The molecule has 110 valence electrons. The molecule has 0 aliphatic heterocycles. The van der Waals surface area contributed by atoms with Crippen LogP contribution in [0, 0.1) is 11.3 Å². The largest absolute Gasteiger partial charge is 0.480 e. The fraction of sp³-hybridized carbons (Fsp3) is 0.235. The van der Waals surface area contributed by atoms with Crippen molar-refractivity contribution in [3.63, 3.8) is 0 Å². The summed E-state index contributed by atoms with van der Waals surface area (Å²) in [5, 5.41) is 18.0. The molecule has 0 spiro atoms. The third-order valence-corrected chi connectivity index (χ3v) is 3.98. The summed E-state index contributed by atoms with van der Waals surface area (Å²) in [4.78, 5) is 23.3. The molecule has 1 N–H and O–H groups in total. The molecular formula is C17H14N2O3. The van der Waals surface area contributed by atoms with Crippen LogP contribution in [-0.2, 0) is 24.2 Å². The summed E-state index contributed by atoms with van der Waals surface area (Å²) in [6, 6.07) is 10.8. The van der Waals surface area contributed by atoms with Crippen LogP contribution in [0.1, 0.15) is 23.1 Å². The highest BCUT2D eigenvalue weighted by Crippen LogP contribution is 2.27. The molecule has 1 heterocycles. The van der Waals surface area contributed by atoms with Gasteiger partial charge in [0.1, 0.15) is 18.2 Å². The predicted molar refractivity (Wildman–Crippen MR) is 80.5 cm³/mol. The van der Waals surface area contributed by atoms with Gasteiger partial charge in [-0.1, -0.05) is 12.1 Å². The lowest BCUT2D eigenvalue weighted by atomic mass is 10.0. The number of carboxylic acid groups (broad SMARTS) is 1. The number of aliphatic carboxylic acids is 1. The van der Waals surface area contributed by atoms with Crippen LogP contribution < -0.4 is 5.56 Å². The number of carbonyl (C=O) groups is 1. The predicted octanol–water partition coefficient (Wildman–Crippen LogP) is 1.96. The summed E-state index contributed by atoms with van der Waals surface area (Å²) in [5.41, 5.74) is 3.28. The molecule has 1 aliphatic carbocycles. The number of carboxylic acids is 1. The Morgan fingerprint density at radius 3 is 2.73 bits per heavy atom. The second-order valence-electron chi connectivity index (χ2n) is 5.37. The second-order valence-corrected chi connectivity index (χ2v) is 5.37. The van der Waals surface area contributed by atoms with Crippen molar-refractivity contribution in [2.75, 3.05) is 0 Å². The minimum Gasteiger partial charge on any atom is -0.480 e. The van der Waals surface area contributed by atoms with E-state index in [0.717, 1.165) is 29.4 Å². The number of benzene rings is 1. The van der Waals surface area contributed by atoms with Gasteiger partial charge in [0.2, 0.25) is 0 Å². The van der Waals surface area contributed by atoms with Gasteiger partial charge in [-0.25, -0.2) is 0 Å². The molecule has 0 fully saturated rings. The highest BCUT2D eigenvalue weighted by Gasteiger charge is 2.16. The van der Waals surface area contributed by atoms with E-state index in [1.807, 2.05) is 18.2 Å². The van der Waals surface area contributed by atoms with Crippen molar-refractivity contribution in [1.82, 2.24) is 4.57 Å². The monoisotopic (exact) mass is 294 g/mol. The molecule has 1 aromatic heterocycles. The fourth-order valence-electron chi connectivity index (χ4n) is 2.94. The first-order valence-corrected chi connectivity index (χ1v) is 7.08. The van der Waals surface area contributed by atoms with Crippen LogP contribution in [0.5, 0.6) is 0 Å². The molecule has 22 heavy (non-hydrogen) atoms. The van der Waals surface area contributed by atoms with Crippen LogP contribution in [-0.4, -0.2) is 15.6 Å². The molecule has 5 nitrogen and oxygen atoms in total. The molecule has 0 bridgehead atoms. The van der Waals surface area contributed by atoms with Gasteiger partial charge in [0.15, 0.2) is 0 Å². The van der Waals surface area contributed by atoms with Gasteiger partial charge in [0.25, 0.3) is 5.56 Å². The number of rotatable bonds is 3. The van der Waals surface area contributed by atoms with Crippen LogP contribution in [0.25, 0.3) is 11.3 Å². The minimum atomic E-state index is -1.11. The lowest BCUT2D eigenvalue weighted by Gasteiger charge is -2.12. The zero-order chi connectivity index (χ0) is 15.7. The number of nitrogens with zero attached hydrogens (tertiary/aromatic N) is 2. The summed E-state index contributed by atoms with van der Waals surface area (Å²) in [5.74, 6) is -1.11. The van der Waals surface area contributed by atoms with Gasteiger partial charge in [0, 0.05) is 0 Å². The van der Waals surface area contributed by atoms with Crippen molar-refractivity contribution in [1.29, 1.82) is 5.26 Å². The van der Waals surface area contributed by atoms with Gasteiger partial charge in [-0.05, 0) is 54.2 Å². The molecule has 2 aromatic rings. The van der Waals surface area contributed by atoms with Crippen molar-refractivity contribution in [2.45, 2.75) is 25.8 Å². The van der Waals surface area contributed by atoms with Crippen molar-refractivity contribution in [3.05, 3.63) is 57.4 Å². The van der Waals surface area contributed by atoms with E-state index in [4.69, 9.17) is 10.4 Å². The number of hydrogen-bond acceptors (Lipinski definition) is 3. The maximum absolute atomic E-state index is 12.2. The minimum absolute atomic E-state index is 0.0499. The Morgan fingerprint density at radius 1 is 1.23 bits per heavy atom. The Kier molecular flexibility index (Phi) is 3.51. The first-order valence-electron chi connectivity index (χ1n) is 7.08. The second kappa shape index (κ2) is 5.49. The Balaban J connectivity index is 2.18. The molecule has 0 atom stereocenters. The Labute approximate surface area is 127 Å². The first-order chi connectivity index (χ1) is 10.6. The standard InChI is InChI=1S/C17H14N2O3/c18-9-14-6-7-15(19(17(14)22)10-16(20)21)13-5-4-11-2-1-3-12(11)8-13/h4-8H,1-3,10H2,(H,20,21). The van der Waals surface area contributed by atoms with Crippen molar-refractivity contribution >= 4 is 5.97 Å². The summed E-state index contributed by atoms with van der Waals surface area (Å²) in [7, 11) is 0. The van der Waals surface area contributed by atoms with E-state index in [0.29, 0.717) is 5.69 Å². The molecule has 0 radical (unpaired) electrons. The molecule has 5 heteroatoms. The molecule has 0 saturated heterocycles. The smallest absolute Gasteiger partial charge is 0.323 e. The van der Waals surface area contributed by atoms with Crippen molar-refractivity contribution in [3.8, 4) is 17.3 Å². The molecule has 1 aromatic carbocycles. The van der Waals surface area contributed by atoms with E-state index in [1.54, 1.807) is 12.1 Å². The van der Waals surface area contributed by atoms with E-state index < -0.39 is 18.1 Å². The molecule has 0 unspecified atom stereocenters. The van der Waals surface area contributed by atoms with Gasteiger partial charge in [-0.15, -0.1) is 0 Å². The zero-order valence-corrected chi connectivity index (χ0v) is 11.9. The third kappa shape index (κ3) is 2.40. The average Bonchev–Trinajstić information content (AvgIpc) is 2.96. The molecule has 0 saturated carbocycles. The summed E-state index contributed by atoms with van der Waals surface area (Å²) >= 11 is 0. The van der Waals surface area contributed by atoms with Crippen molar-refractivity contribution < 1.29 is 9.90 Å². The van der Waals surface area contributed by atoms with Gasteiger partial charge in [-0.2, -0.15) is 5.26 Å².